The fourth-order valence-corrected chi connectivity index (χ4v) is 3.30. The van der Waals surface area contributed by atoms with Crippen molar-refractivity contribution in [1.29, 1.82) is 0 Å². The van der Waals surface area contributed by atoms with E-state index in [1.165, 1.54) is 6.07 Å². The Hall–Kier alpha value is -3.00. The largest absolute Gasteiger partial charge is 0.486 e. The van der Waals surface area contributed by atoms with Gasteiger partial charge in [0.2, 0.25) is 5.90 Å². The van der Waals surface area contributed by atoms with Crippen LogP contribution in [-0.4, -0.2) is 12.1 Å². The predicted octanol–water partition coefficient (Wildman–Crippen LogP) is 5.61. The maximum atomic E-state index is 14.8. The van der Waals surface area contributed by atoms with Crippen molar-refractivity contribution < 1.29 is 22.7 Å². The van der Waals surface area contributed by atoms with Crippen LogP contribution >= 0.6 is 15.9 Å². The second kappa shape index (κ2) is 8.57. The summed E-state index contributed by atoms with van der Waals surface area (Å²) in [5, 5.41) is 0. The van der Waals surface area contributed by atoms with E-state index in [9.17, 15) is 4.39 Å². The van der Waals surface area contributed by atoms with Gasteiger partial charge < -0.3 is 23.2 Å². The second-order valence-corrected chi connectivity index (χ2v) is 7.23. The SMILES string of the molecule is CC1N=C(OCc2ccoc2)C(Br)=CN1c1c(F)cccc1OCc1ccoc1. The van der Waals surface area contributed by atoms with Crippen LogP contribution in [-0.2, 0) is 18.0 Å². The molecular weight excluding hydrogens is 443 g/mol. The summed E-state index contributed by atoms with van der Waals surface area (Å²) in [5.74, 6) is 0.441. The molecule has 2 aromatic heterocycles. The van der Waals surface area contributed by atoms with Gasteiger partial charge in [0, 0.05) is 17.3 Å². The highest BCUT2D eigenvalue weighted by molar-refractivity contribution is 9.12. The van der Waals surface area contributed by atoms with Crippen molar-refractivity contribution in [2.45, 2.75) is 26.3 Å². The first-order valence-corrected chi connectivity index (χ1v) is 9.71. The number of anilines is 1. The van der Waals surface area contributed by atoms with E-state index in [-0.39, 0.29) is 6.61 Å². The van der Waals surface area contributed by atoms with Gasteiger partial charge >= 0.3 is 0 Å². The Morgan fingerprint density at radius 2 is 1.76 bits per heavy atom. The molecule has 0 fully saturated rings. The fourth-order valence-electron chi connectivity index (χ4n) is 2.86. The third-order valence-corrected chi connectivity index (χ3v) is 4.85. The maximum Gasteiger partial charge on any atom is 0.227 e. The van der Waals surface area contributed by atoms with Gasteiger partial charge in [-0.15, -0.1) is 0 Å². The van der Waals surface area contributed by atoms with E-state index in [1.54, 1.807) is 54.4 Å². The van der Waals surface area contributed by atoms with Crippen molar-refractivity contribution >= 4 is 27.5 Å². The second-order valence-electron chi connectivity index (χ2n) is 6.38. The third kappa shape index (κ3) is 4.37. The summed E-state index contributed by atoms with van der Waals surface area (Å²) < 4.78 is 37.1. The minimum atomic E-state index is -0.406. The molecule has 6 nitrogen and oxygen atoms in total. The normalized spacial score (nSPS) is 16.4. The number of hydrogen-bond donors (Lipinski definition) is 0. The number of hydrogen-bond acceptors (Lipinski definition) is 6. The highest BCUT2D eigenvalue weighted by Gasteiger charge is 2.26. The molecule has 1 atom stereocenters. The van der Waals surface area contributed by atoms with E-state index in [1.807, 2.05) is 13.0 Å². The van der Waals surface area contributed by atoms with Crippen LogP contribution in [0.25, 0.3) is 0 Å². The van der Waals surface area contributed by atoms with Crippen LogP contribution in [0.15, 0.2) is 79.9 Å². The number of aliphatic imine (C=N–C) groups is 1. The fraction of sp³-hybridized carbons (Fsp3) is 0.190. The van der Waals surface area contributed by atoms with Crippen LogP contribution in [0.2, 0.25) is 0 Å². The van der Waals surface area contributed by atoms with E-state index >= 15 is 0 Å². The average Bonchev–Trinajstić information content (AvgIpc) is 3.41. The van der Waals surface area contributed by atoms with E-state index in [2.05, 4.69) is 20.9 Å². The number of halogens is 2. The van der Waals surface area contributed by atoms with Gasteiger partial charge in [0.05, 0.1) is 29.5 Å². The number of ether oxygens (including phenoxy) is 2. The van der Waals surface area contributed by atoms with Crippen molar-refractivity contribution in [2.75, 3.05) is 4.90 Å². The molecule has 4 rings (SSSR count). The summed E-state index contributed by atoms with van der Waals surface area (Å²) in [6.07, 6.45) is 7.69. The monoisotopic (exact) mass is 460 g/mol. The van der Waals surface area contributed by atoms with Crippen molar-refractivity contribution in [1.82, 2.24) is 0 Å². The van der Waals surface area contributed by atoms with Crippen molar-refractivity contribution in [2.24, 2.45) is 4.99 Å². The summed E-state index contributed by atoms with van der Waals surface area (Å²) >= 11 is 3.47. The lowest BCUT2D eigenvalue weighted by atomic mass is 10.2. The number of furan rings is 2. The molecule has 150 valence electrons. The minimum Gasteiger partial charge on any atom is -0.486 e. The number of benzene rings is 1. The Balaban J connectivity index is 1.54. The molecule has 0 spiro atoms. The molecule has 0 N–H and O–H groups in total. The first kappa shape index (κ1) is 19.3. The zero-order valence-electron chi connectivity index (χ0n) is 15.5. The van der Waals surface area contributed by atoms with Gasteiger partial charge in [-0.3, -0.25) is 0 Å². The van der Waals surface area contributed by atoms with Gasteiger partial charge in [-0.2, -0.15) is 0 Å². The average molecular weight is 461 g/mol. The Bertz CT molecular complexity index is 1020. The highest BCUT2D eigenvalue weighted by atomic mass is 79.9. The smallest absolute Gasteiger partial charge is 0.227 e. The molecule has 0 bridgehead atoms. The molecule has 8 heteroatoms. The Morgan fingerprint density at radius 3 is 2.41 bits per heavy atom. The third-order valence-electron chi connectivity index (χ3n) is 4.30. The predicted molar refractivity (Wildman–Crippen MR) is 109 cm³/mol. The summed E-state index contributed by atoms with van der Waals surface area (Å²) in [6, 6.07) is 8.34. The zero-order valence-corrected chi connectivity index (χ0v) is 17.1. The molecule has 3 aromatic rings. The lowest BCUT2D eigenvalue weighted by Crippen LogP contribution is -2.33. The van der Waals surface area contributed by atoms with E-state index in [0.29, 0.717) is 28.4 Å². The van der Waals surface area contributed by atoms with Crippen LogP contribution in [0.4, 0.5) is 10.1 Å². The van der Waals surface area contributed by atoms with Gasteiger partial charge in [-0.1, -0.05) is 6.07 Å². The van der Waals surface area contributed by atoms with Gasteiger partial charge in [-0.25, -0.2) is 9.38 Å². The lowest BCUT2D eigenvalue weighted by molar-refractivity contribution is 0.288. The summed E-state index contributed by atoms with van der Waals surface area (Å²) in [7, 11) is 0. The van der Waals surface area contributed by atoms with E-state index in [0.717, 1.165) is 11.1 Å². The van der Waals surface area contributed by atoms with Gasteiger partial charge in [-0.05, 0) is 47.1 Å². The van der Waals surface area contributed by atoms with Crippen molar-refractivity contribution in [3.8, 4) is 5.75 Å². The lowest BCUT2D eigenvalue weighted by Gasteiger charge is -2.31. The van der Waals surface area contributed by atoms with Gasteiger partial charge in [0.1, 0.15) is 30.8 Å². The Kier molecular flexibility index (Phi) is 5.71. The highest BCUT2D eigenvalue weighted by Crippen LogP contribution is 2.36. The standard InChI is InChI=1S/C21H18BrFN2O4/c1-14-24-21(29-13-16-6-8-27-11-16)17(22)9-25(14)20-18(23)3-2-4-19(20)28-12-15-5-7-26-10-15/h2-11,14H,12-13H2,1H3. The van der Waals surface area contributed by atoms with Crippen LogP contribution in [0, 0.1) is 5.82 Å². The quantitative estimate of drug-likeness (QED) is 0.478. The zero-order chi connectivity index (χ0) is 20.2. The topological polar surface area (TPSA) is 60.3 Å². The van der Waals surface area contributed by atoms with Gasteiger partial charge in [0.15, 0.2) is 5.82 Å². The Morgan fingerprint density at radius 1 is 1.07 bits per heavy atom. The summed E-state index contributed by atoms with van der Waals surface area (Å²) in [5.41, 5.74) is 2.06. The van der Waals surface area contributed by atoms with E-state index in [4.69, 9.17) is 18.3 Å². The molecule has 0 amide bonds. The van der Waals surface area contributed by atoms with Crippen molar-refractivity contribution in [3.63, 3.8) is 0 Å². The first-order valence-electron chi connectivity index (χ1n) is 8.92. The van der Waals surface area contributed by atoms with Crippen LogP contribution in [0.3, 0.4) is 0 Å². The number of nitrogens with zero attached hydrogens (tertiary/aromatic N) is 2. The van der Waals surface area contributed by atoms with E-state index < -0.39 is 12.0 Å². The molecule has 29 heavy (non-hydrogen) atoms. The Labute approximate surface area is 175 Å². The molecule has 1 aromatic carbocycles. The molecule has 0 saturated heterocycles. The molecule has 0 saturated carbocycles. The summed E-state index contributed by atoms with van der Waals surface area (Å²) in [4.78, 5) is 6.25. The number of para-hydroxylation sites is 1. The van der Waals surface area contributed by atoms with Gasteiger partial charge in [0.25, 0.3) is 0 Å². The van der Waals surface area contributed by atoms with Crippen molar-refractivity contribution in [3.05, 3.63) is 83.0 Å². The first-order chi connectivity index (χ1) is 14.1. The molecule has 1 aliphatic heterocycles. The molecule has 1 unspecified atom stereocenters. The van der Waals surface area contributed by atoms with Crippen LogP contribution < -0.4 is 9.64 Å². The number of rotatable bonds is 6. The summed E-state index contributed by atoms with van der Waals surface area (Å²) in [6.45, 7) is 2.44. The molecule has 3 heterocycles. The molecule has 1 aliphatic rings. The minimum absolute atomic E-state index is 0.266. The molecule has 0 aliphatic carbocycles. The maximum absolute atomic E-state index is 14.8. The molecular formula is C21H18BrFN2O4. The van der Waals surface area contributed by atoms with Crippen LogP contribution in [0.5, 0.6) is 5.75 Å². The van der Waals surface area contributed by atoms with Crippen LogP contribution in [0.1, 0.15) is 18.1 Å². The molecule has 0 radical (unpaired) electrons.